The van der Waals surface area contributed by atoms with E-state index in [0.717, 1.165) is 30.4 Å². The molecule has 3 amide bonds. The lowest BCUT2D eigenvalue weighted by molar-refractivity contribution is -0.143. The van der Waals surface area contributed by atoms with Crippen molar-refractivity contribution in [2.45, 2.75) is 55.2 Å². The lowest BCUT2D eigenvalue weighted by Crippen LogP contribution is -2.53. The van der Waals surface area contributed by atoms with Crippen molar-refractivity contribution in [3.05, 3.63) is 89.0 Å². The van der Waals surface area contributed by atoms with Crippen LogP contribution >= 0.6 is 23.4 Å². The van der Waals surface area contributed by atoms with Crippen LogP contribution in [0.25, 0.3) is 0 Å². The van der Waals surface area contributed by atoms with Crippen molar-refractivity contribution in [2.24, 2.45) is 11.8 Å². The summed E-state index contributed by atoms with van der Waals surface area (Å²) in [4.78, 5) is 48.9. The van der Waals surface area contributed by atoms with E-state index in [1.807, 2.05) is 66.4 Å². The maximum absolute atomic E-state index is 14.7. The summed E-state index contributed by atoms with van der Waals surface area (Å²) >= 11 is 8.27. The number of para-hydroxylation sites is 1. The third-order valence-electron chi connectivity index (χ3n) is 9.22. The number of benzene rings is 2. The van der Waals surface area contributed by atoms with Gasteiger partial charge in [-0.25, -0.2) is 0 Å². The van der Waals surface area contributed by atoms with Crippen molar-refractivity contribution in [3.63, 3.8) is 0 Å². The number of anilines is 1. The summed E-state index contributed by atoms with van der Waals surface area (Å²) in [6.45, 7) is 3.80. The van der Waals surface area contributed by atoms with Gasteiger partial charge in [-0.2, -0.15) is 0 Å². The molecule has 4 aliphatic heterocycles. The van der Waals surface area contributed by atoms with Crippen LogP contribution in [0.1, 0.15) is 36.8 Å². The van der Waals surface area contributed by atoms with Crippen LogP contribution in [0.5, 0.6) is 0 Å². The highest BCUT2D eigenvalue weighted by Crippen LogP contribution is 2.61. The molecule has 7 nitrogen and oxygen atoms in total. The molecule has 6 rings (SSSR count). The standard InChI is InChI=1S/C34H38ClN3O4S/c1-23-12-9-15-25(35)29(23)37-20-11-17-34-28(32(41)38(30(34)33(37)42)19-7-2-3-8-21-39)27-26(43-34)16-10-18-36(31(27)40)22-24-13-5-4-6-14-24/h4-6,9-17,26-28,30,39H,2-3,7-8,18-22H2,1H3/t26-,27+,28+,30?,34+/m1/s1. The Kier molecular flexibility index (Phi) is 8.72. The van der Waals surface area contributed by atoms with Crippen LogP contribution in [-0.4, -0.2) is 74.9 Å². The Morgan fingerprint density at radius 1 is 0.930 bits per heavy atom. The van der Waals surface area contributed by atoms with Crippen LogP contribution in [0.2, 0.25) is 5.02 Å². The minimum absolute atomic E-state index is 0.0333. The summed E-state index contributed by atoms with van der Waals surface area (Å²) in [6.07, 6.45) is 11.3. The number of carbonyl (C=O) groups excluding carboxylic acids is 3. The van der Waals surface area contributed by atoms with Gasteiger partial charge in [0.25, 0.3) is 5.91 Å². The molecule has 1 unspecified atom stereocenters. The molecule has 0 aliphatic carbocycles. The molecule has 1 spiro atoms. The van der Waals surface area contributed by atoms with Gasteiger partial charge in [-0.3, -0.25) is 14.4 Å². The van der Waals surface area contributed by atoms with E-state index in [9.17, 15) is 19.5 Å². The number of thioether (sulfide) groups is 1. The van der Waals surface area contributed by atoms with Gasteiger partial charge in [-0.15, -0.1) is 11.8 Å². The number of aliphatic hydroxyl groups is 1. The van der Waals surface area contributed by atoms with E-state index in [4.69, 9.17) is 11.6 Å². The SMILES string of the molecule is Cc1cccc(Cl)c1N1CC=C[C@]23S[C@@H]4C=CCN(Cc5ccccc5)C(=O)[C@@H]4[C@H]2C(=O)N(CCCCCCO)C3C1=O. The lowest BCUT2D eigenvalue weighted by Gasteiger charge is -2.35. The summed E-state index contributed by atoms with van der Waals surface area (Å²) in [6, 6.07) is 14.8. The zero-order chi connectivity index (χ0) is 30.1. The second-order valence-electron chi connectivity index (χ2n) is 11.9. The second-order valence-corrected chi connectivity index (χ2v) is 13.8. The Labute approximate surface area is 262 Å². The lowest BCUT2D eigenvalue weighted by atomic mass is 9.78. The van der Waals surface area contributed by atoms with Crippen molar-refractivity contribution in [1.82, 2.24) is 9.80 Å². The first-order chi connectivity index (χ1) is 20.9. The van der Waals surface area contributed by atoms with E-state index in [1.54, 1.807) is 27.6 Å². The van der Waals surface area contributed by atoms with E-state index >= 15 is 0 Å². The maximum atomic E-state index is 14.7. The number of rotatable bonds is 9. The normalized spacial score (nSPS) is 28.2. The van der Waals surface area contributed by atoms with E-state index in [1.165, 1.54) is 0 Å². The molecule has 9 heteroatoms. The van der Waals surface area contributed by atoms with Gasteiger partial charge in [0.05, 0.1) is 27.3 Å². The van der Waals surface area contributed by atoms with Crippen molar-refractivity contribution in [2.75, 3.05) is 31.1 Å². The molecule has 2 fully saturated rings. The van der Waals surface area contributed by atoms with Crippen LogP contribution in [0.15, 0.2) is 72.8 Å². The van der Waals surface area contributed by atoms with Crippen LogP contribution in [0.4, 0.5) is 5.69 Å². The third kappa shape index (κ3) is 5.32. The zero-order valence-electron chi connectivity index (χ0n) is 24.4. The first kappa shape index (κ1) is 30.0. The van der Waals surface area contributed by atoms with Gasteiger partial charge in [-0.05, 0) is 37.0 Å². The number of nitrogens with zero attached hydrogens (tertiary/aromatic N) is 3. The number of fused-ring (bicyclic) bond motifs is 2. The quantitative estimate of drug-likeness (QED) is 0.316. The Hall–Kier alpha value is -3.07. The molecule has 0 saturated carbocycles. The largest absolute Gasteiger partial charge is 0.396 e. The Balaban J connectivity index is 1.38. The summed E-state index contributed by atoms with van der Waals surface area (Å²) in [5, 5.41) is 9.51. The number of carbonyl (C=O) groups is 3. The van der Waals surface area contributed by atoms with Gasteiger partial charge in [0.1, 0.15) is 6.04 Å². The van der Waals surface area contributed by atoms with Gasteiger partial charge in [0.2, 0.25) is 11.8 Å². The fourth-order valence-electron chi connectivity index (χ4n) is 7.29. The molecular weight excluding hydrogens is 582 g/mol. The molecule has 43 heavy (non-hydrogen) atoms. The topological polar surface area (TPSA) is 81.2 Å². The number of hydrogen-bond acceptors (Lipinski definition) is 5. The van der Waals surface area contributed by atoms with Crippen molar-refractivity contribution in [1.29, 1.82) is 0 Å². The zero-order valence-corrected chi connectivity index (χ0v) is 26.0. The number of aliphatic hydroxyl groups excluding tert-OH is 1. The fraction of sp³-hybridized carbons (Fsp3) is 0.441. The van der Waals surface area contributed by atoms with Crippen molar-refractivity contribution < 1.29 is 19.5 Å². The number of amides is 3. The molecule has 226 valence electrons. The minimum Gasteiger partial charge on any atom is -0.396 e. The summed E-state index contributed by atoms with van der Waals surface area (Å²) in [7, 11) is 0. The molecule has 2 aromatic rings. The highest BCUT2D eigenvalue weighted by Gasteiger charge is 2.71. The average Bonchev–Trinajstić information content (AvgIpc) is 3.31. The molecule has 2 aromatic carbocycles. The smallest absolute Gasteiger partial charge is 0.251 e. The Bertz CT molecular complexity index is 1430. The summed E-state index contributed by atoms with van der Waals surface area (Å²) in [5.74, 6) is -1.52. The molecule has 4 heterocycles. The molecule has 5 atom stereocenters. The second kappa shape index (κ2) is 12.5. The molecule has 4 aliphatic rings. The van der Waals surface area contributed by atoms with Gasteiger partial charge < -0.3 is 19.8 Å². The van der Waals surface area contributed by atoms with E-state index < -0.39 is 22.6 Å². The molecule has 2 saturated heterocycles. The molecule has 0 radical (unpaired) electrons. The van der Waals surface area contributed by atoms with Gasteiger partial charge in [0.15, 0.2) is 0 Å². The van der Waals surface area contributed by atoms with Gasteiger partial charge in [-0.1, -0.05) is 91.2 Å². The first-order valence-electron chi connectivity index (χ1n) is 15.2. The van der Waals surface area contributed by atoms with E-state index in [-0.39, 0.29) is 29.6 Å². The van der Waals surface area contributed by atoms with Crippen LogP contribution in [0.3, 0.4) is 0 Å². The average molecular weight is 620 g/mol. The van der Waals surface area contributed by atoms with Crippen molar-refractivity contribution >= 4 is 46.8 Å². The number of unbranched alkanes of at least 4 members (excludes halogenated alkanes) is 3. The Morgan fingerprint density at radius 3 is 2.49 bits per heavy atom. The van der Waals surface area contributed by atoms with Gasteiger partial charge >= 0.3 is 0 Å². The van der Waals surface area contributed by atoms with Crippen LogP contribution < -0.4 is 4.90 Å². The van der Waals surface area contributed by atoms with E-state index in [2.05, 4.69) is 12.2 Å². The monoisotopic (exact) mass is 619 g/mol. The summed E-state index contributed by atoms with van der Waals surface area (Å²) < 4.78 is -0.867. The van der Waals surface area contributed by atoms with Gasteiger partial charge in [0, 0.05) is 38.0 Å². The predicted octanol–water partition coefficient (Wildman–Crippen LogP) is 5.00. The van der Waals surface area contributed by atoms with Crippen molar-refractivity contribution in [3.8, 4) is 0 Å². The number of halogens is 1. The molecule has 0 bridgehead atoms. The fourth-order valence-corrected chi connectivity index (χ4v) is 9.62. The highest BCUT2D eigenvalue weighted by molar-refractivity contribution is 8.02. The predicted molar refractivity (Wildman–Crippen MR) is 171 cm³/mol. The maximum Gasteiger partial charge on any atom is 0.251 e. The number of likely N-dealkylation sites (tertiary alicyclic amines) is 1. The summed E-state index contributed by atoms with van der Waals surface area (Å²) in [5.41, 5.74) is 2.59. The third-order valence-corrected chi connectivity index (χ3v) is 11.3. The Morgan fingerprint density at radius 2 is 1.72 bits per heavy atom. The minimum atomic E-state index is -0.867. The van der Waals surface area contributed by atoms with Crippen LogP contribution in [0, 0.1) is 18.8 Å². The number of aryl methyl sites for hydroxylation is 1. The first-order valence-corrected chi connectivity index (χ1v) is 16.5. The molecular formula is C34H38ClN3O4S. The molecule has 0 aromatic heterocycles. The highest BCUT2D eigenvalue weighted by atomic mass is 35.5. The molecule has 1 N–H and O–H groups in total. The number of hydrogen-bond donors (Lipinski definition) is 1. The van der Waals surface area contributed by atoms with Crippen LogP contribution in [-0.2, 0) is 20.9 Å². The van der Waals surface area contributed by atoms with E-state index in [0.29, 0.717) is 43.3 Å².